The van der Waals surface area contributed by atoms with Crippen LogP contribution in [0.15, 0.2) is 18.2 Å². The van der Waals surface area contributed by atoms with Crippen molar-refractivity contribution in [3.05, 3.63) is 34.9 Å². The Labute approximate surface area is 164 Å². The summed E-state index contributed by atoms with van der Waals surface area (Å²) in [6.07, 6.45) is 5.77. The summed E-state index contributed by atoms with van der Waals surface area (Å²) in [4.78, 5) is 37.9. The van der Waals surface area contributed by atoms with E-state index < -0.39 is 6.04 Å². The molecule has 0 aromatic heterocycles. The summed E-state index contributed by atoms with van der Waals surface area (Å²) in [5.41, 5.74) is 3.07. The molecule has 3 amide bonds. The molecule has 4 aliphatic heterocycles. The lowest BCUT2D eigenvalue weighted by atomic mass is 9.88. The molecule has 7 nitrogen and oxygen atoms in total. The van der Waals surface area contributed by atoms with Gasteiger partial charge in [-0.05, 0) is 49.3 Å². The molecule has 28 heavy (non-hydrogen) atoms. The first kappa shape index (κ1) is 17.8. The van der Waals surface area contributed by atoms with Gasteiger partial charge in [0.1, 0.15) is 6.04 Å². The van der Waals surface area contributed by atoms with E-state index in [1.807, 2.05) is 12.1 Å². The molecular formula is C21H26N4O3. The molecular weight excluding hydrogens is 356 g/mol. The highest BCUT2D eigenvalue weighted by Crippen LogP contribution is 2.37. The zero-order valence-electron chi connectivity index (χ0n) is 15.9. The summed E-state index contributed by atoms with van der Waals surface area (Å²) in [6, 6.07) is 6.10. The minimum Gasteiger partial charge on any atom is -0.322 e. The molecule has 4 heterocycles. The Hall–Kier alpha value is -2.25. The van der Waals surface area contributed by atoms with Crippen molar-refractivity contribution < 1.29 is 14.4 Å². The van der Waals surface area contributed by atoms with Gasteiger partial charge in [0.25, 0.3) is 5.91 Å². The number of nitrogens with one attached hydrogen (secondary N) is 3. The molecule has 0 aliphatic carbocycles. The molecule has 4 aliphatic rings. The van der Waals surface area contributed by atoms with Gasteiger partial charge >= 0.3 is 0 Å². The summed E-state index contributed by atoms with van der Waals surface area (Å²) in [7, 11) is 0. The Morgan fingerprint density at radius 2 is 1.96 bits per heavy atom. The van der Waals surface area contributed by atoms with Gasteiger partial charge in [0, 0.05) is 43.2 Å². The Morgan fingerprint density at radius 3 is 2.68 bits per heavy atom. The number of piperidine rings is 1. The molecule has 3 fully saturated rings. The van der Waals surface area contributed by atoms with Crippen molar-refractivity contribution in [1.29, 1.82) is 0 Å². The van der Waals surface area contributed by atoms with E-state index in [0.29, 0.717) is 24.6 Å². The zero-order valence-corrected chi connectivity index (χ0v) is 15.9. The number of amides is 3. The van der Waals surface area contributed by atoms with Gasteiger partial charge in [-0.2, -0.15) is 0 Å². The summed E-state index contributed by atoms with van der Waals surface area (Å²) >= 11 is 0. The Balaban J connectivity index is 1.23. The smallest absolute Gasteiger partial charge is 0.255 e. The van der Waals surface area contributed by atoms with Gasteiger partial charge in [0.05, 0.1) is 0 Å². The summed E-state index contributed by atoms with van der Waals surface area (Å²) < 4.78 is 0. The van der Waals surface area contributed by atoms with Crippen molar-refractivity contribution in [3.63, 3.8) is 0 Å². The van der Waals surface area contributed by atoms with Gasteiger partial charge in [0.2, 0.25) is 11.8 Å². The van der Waals surface area contributed by atoms with E-state index in [1.165, 1.54) is 25.7 Å². The number of nitrogens with zero attached hydrogens (tertiary/aromatic N) is 1. The van der Waals surface area contributed by atoms with Crippen molar-refractivity contribution in [2.45, 2.75) is 69.2 Å². The first-order valence-electron chi connectivity index (χ1n) is 10.3. The molecule has 1 atom stereocenters. The zero-order chi connectivity index (χ0) is 19.3. The third kappa shape index (κ3) is 3.02. The second-order valence-corrected chi connectivity index (χ2v) is 8.69. The first-order chi connectivity index (χ1) is 13.5. The number of fused-ring (bicyclic) bond motifs is 3. The van der Waals surface area contributed by atoms with Crippen LogP contribution >= 0.6 is 0 Å². The van der Waals surface area contributed by atoms with E-state index in [4.69, 9.17) is 0 Å². The highest BCUT2D eigenvalue weighted by molar-refractivity contribution is 6.05. The van der Waals surface area contributed by atoms with Crippen LogP contribution in [0.2, 0.25) is 0 Å². The standard InChI is InChI=1S/C21H26N4O3/c26-18-4-3-17(19(27)23-18)25-11-14-9-13(1-2-16(14)20(25)28)10-22-12-21-7-5-15(24-21)6-8-21/h1-2,9,15,17,22,24H,3-8,10-12H2,(H,23,26,27). The number of imide groups is 1. The number of hydrogen-bond acceptors (Lipinski definition) is 5. The van der Waals surface area contributed by atoms with Crippen LogP contribution in [-0.4, -0.2) is 46.8 Å². The van der Waals surface area contributed by atoms with Crippen molar-refractivity contribution >= 4 is 17.7 Å². The maximum atomic E-state index is 12.7. The van der Waals surface area contributed by atoms with E-state index in [0.717, 1.165) is 24.2 Å². The molecule has 3 N–H and O–H groups in total. The molecule has 7 heteroatoms. The number of rotatable bonds is 5. The Kier molecular flexibility index (Phi) is 4.25. The van der Waals surface area contributed by atoms with Gasteiger partial charge < -0.3 is 15.5 Å². The molecule has 0 saturated carbocycles. The molecule has 2 bridgehead atoms. The lowest BCUT2D eigenvalue weighted by Crippen LogP contribution is -2.52. The van der Waals surface area contributed by atoms with Crippen LogP contribution in [0.25, 0.3) is 0 Å². The maximum absolute atomic E-state index is 12.7. The molecule has 1 aromatic carbocycles. The summed E-state index contributed by atoms with van der Waals surface area (Å²) in [5, 5.41) is 9.68. The lowest BCUT2D eigenvalue weighted by molar-refractivity contribution is -0.136. The number of hydrogen-bond donors (Lipinski definition) is 3. The topological polar surface area (TPSA) is 90.5 Å². The molecule has 3 saturated heterocycles. The fourth-order valence-corrected chi connectivity index (χ4v) is 5.30. The molecule has 1 unspecified atom stereocenters. The van der Waals surface area contributed by atoms with E-state index >= 15 is 0 Å². The van der Waals surface area contributed by atoms with Crippen LogP contribution in [0.5, 0.6) is 0 Å². The third-order valence-electron chi connectivity index (χ3n) is 6.83. The third-order valence-corrected chi connectivity index (χ3v) is 6.83. The fourth-order valence-electron chi connectivity index (χ4n) is 5.30. The van der Waals surface area contributed by atoms with Crippen LogP contribution in [0, 0.1) is 0 Å². The van der Waals surface area contributed by atoms with Crippen molar-refractivity contribution in [2.75, 3.05) is 6.54 Å². The van der Waals surface area contributed by atoms with E-state index in [-0.39, 0.29) is 29.7 Å². The quantitative estimate of drug-likeness (QED) is 0.656. The second kappa shape index (κ2) is 6.67. The first-order valence-corrected chi connectivity index (χ1v) is 10.3. The Morgan fingerprint density at radius 1 is 1.14 bits per heavy atom. The molecule has 5 rings (SSSR count). The van der Waals surface area contributed by atoms with Gasteiger partial charge in [-0.25, -0.2) is 0 Å². The minimum atomic E-state index is -0.554. The predicted molar refractivity (Wildman–Crippen MR) is 102 cm³/mol. The van der Waals surface area contributed by atoms with E-state index in [9.17, 15) is 14.4 Å². The predicted octanol–water partition coefficient (Wildman–Crippen LogP) is 0.822. The molecule has 1 aromatic rings. The van der Waals surface area contributed by atoms with Gasteiger partial charge in [0.15, 0.2) is 0 Å². The molecule has 0 spiro atoms. The number of benzene rings is 1. The SMILES string of the molecule is O=C1CCC(N2Cc3cc(CNCC45CCC(CC4)N5)ccc3C2=O)C(=O)N1. The Bertz CT molecular complexity index is 844. The van der Waals surface area contributed by atoms with E-state index in [2.05, 4.69) is 22.0 Å². The van der Waals surface area contributed by atoms with Crippen LogP contribution < -0.4 is 16.0 Å². The van der Waals surface area contributed by atoms with Gasteiger partial charge in [-0.1, -0.05) is 12.1 Å². The lowest BCUT2D eigenvalue weighted by Gasteiger charge is -2.29. The average molecular weight is 382 g/mol. The van der Waals surface area contributed by atoms with Gasteiger partial charge in [-0.3, -0.25) is 19.7 Å². The maximum Gasteiger partial charge on any atom is 0.255 e. The molecule has 148 valence electrons. The second-order valence-electron chi connectivity index (χ2n) is 8.69. The highest BCUT2D eigenvalue weighted by atomic mass is 16.2. The monoisotopic (exact) mass is 382 g/mol. The normalized spacial score (nSPS) is 31.4. The highest BCUT2D eigenvalue weighted by Gasteiger charge is 2.43. The summed E-state index contributed by atoms with van der Waals surface area (Å²) in [6.45, 7) is 2.18. The average Bonchev–Trinajstić information content (AvgIpc) is 3.35. The molecule has 0 radical (unpaired) electrons. The number of carbonyl (C=O) groups excluding carboxylic acids is 3. The van der Waals surface area contributed by atoms with Crippen LogP contribution in [0.3, 0.4) is 0 Å². The van der Waals surface area contributed by atoms with Gasteiger partial charge in [-0.15, -0.1) is 0 Å². The van der Waals surface area contributed by atoms with Crippen LogP contribution in [-0.2, 0) is 22.7 Å². The van der Waals surface area contributed by atoms with Crippen LogP contribution in [0.1, 0.15) is 60.0 Å². The number of carbonyl (C=O) groups is 3. The largest absolute Gasteiger partial charge is 0.322 e. The van der Waals surface area contributed by atoms with Crippen molar-refractivity contribution in [3.8, 4) is 0 Å². The summed E-state index contributed by atoms with van der Waals surface area (Å²) in [5.74, 6) is -0.740. The fraction of sp³-hybridized carbons (Fsp3) is 0.571. The van der Waals surface area contributed by atoms with Crippen molar-refractivity contribution in [2.24, 2.45) is 0 Å². The van der Waals surface area contributed by atoms with Crippen molar-refractivity contribution in [1.82, 2.24) is 20.9 Å². The van der Waals surface area contributed by atoms with E-state index in [1.54, 1.807) is 4.90 Å². The van der Waals surface area contributed by atoms with Crippen LogP contribution in [0.4, 0.5) is 0 Å². The minimum absolute atomic E-state index is 0.116.